The van der Waals surface area contributed by atoms with Crippen LogP contribution in [0.3, 0.4) is 0 Å². The summed E-state index contributed by atoms with van der Waals surface area (Å²) in [5.74, 6) is 1.19. The van der Waals surface area contributed by atoms with E-state index in [1.807, 2.05) is 6.07 Å². The van der Waals surface area contributed by atoms with E-state index < -0.39 is 0 Å². The van der Waals surface area contributed by atoms with Crippen LogP contribution < -0.4 is 15.4 Å². The van der Waals surface area contributed by atoms with E-state index in [9.17, 15) is 4.79 Å². The molecule has 4 nitrogen and oxygen atoms in total. The molecule has 2 aliphatic rings. The Morgan fingerprint density at radius 1 is 1.11 bits per heavy atom. The molecule has 27 heavy (non-hydrogen) atoms. The standard InChI is InChI=1S/C23H28N2O2/c1-15-12-19-18(9-11-27-22(19)13-16(15)2)23(26)25-21-8-10-24-14-20(21)17-6-4-3-5-7-17/h3-7,12-13,18,20-21,24H,8-11,14H2,1-2H3,(H,25,26). The summed E-state index contributed by atoms with van der Waals surface area (Å²) in [5, 5.41) is 6.85. The number of rotatable bonds is 3. The molecular formula is C23H28N2O2. The van der Waals surface area contributed by atoms with Gasteiger partial charge in [-0.05, 0) is 56.0 Å². The van der Waals surface area contributed by atoms with Crippen LogP contribution in [0.1, 0.15) is 46.9 Å². The molecule has 3 atom stereocenters. The van der Waals surface area contributed by atoms with Crippen LogP contribution in [0, 0.1) is 13.8 Å². The molecule has 1 amide bonds. The summed E-state index contributed by atoms with van der Waals surface area (Å²) >= 11 is 0. The topological polar surface area (TPSA) is 50.4 Å². The normalized spacial score (nSPS) is 24.6. The number of carbonyl (C=O) groups excluding carboxylic acids is 1. The second-order valence-electron chi connectivity index (χ2n) is 7.79. The van der Waals surface area contributed by atoms with Crippen molar-refractivity contribution in [2.75, 3.05) is 19.7 Å². The smallest absolute Gasteiger partial charge is 0.228 e. The molecule has 0 spiro atoms. The van der Waals surface area contributed by atoms with Gasteiger partial charge in [-0.15, -0.1) is 0 Å². The molecule has 0 saturated carbocycles. The fourth-order valence-electron chi connectivity index (χ4n) is 4.29. The predicted molar refractivity (Wildman–Crippen MR) is 107 cm³/mol. The van der Waals surface area contributed by atoms with Crippen LogP contribution in [0.4, 0.5) is 0 Å². The zero-order valence-electron chi connectivity index (χ0n) is 16.1. The van der Waals surface area contributed by atoms with Gasteiger partial charge in [-0.25, -0.2) is 0 Å². The first-order valence-electron chi connectivity index (χ1n) is 9.93. The van der Waals surface area contributed by atoms with Crippen LogP contribution in [0.25, 0.3) is 0 Å². The van der Waals surface area contributed by atoms with Gasteiger partial charge in [0.2, 0.25) is 5.91 Å². The van der Waals surface area contributed by atoms with Crippen molar-refractivity contribution in [2.45, 2.75) is 44.6 Å². The minimum absolute atomic E-state index is 0.126. The van der Waals surface area contributed by atoms with E-state index in [1.165, 1.54) is 16.7 Å². The summed E-state index contributed by atoms with van der Waals surface area (Å²) in [7, 11) is 0. The second kappa shape index (κ2) is 7.73. The molecule has 1 fully saturated rings. The number of fused-ring (bicyclic) bond motifs is 1. The number of ether oxygens (including phenoxy) is 1. The van der Waals surface area contributed by atoms with E-state index in [0.717, 1.165) is 37.2 Å². The first-order chi connectivity index (χ1) is 13.1. The highest BCUT2D eigenvalue weighted by Gasteiger charge is 2.33. The number of aryl methyl sites for hydroxylation is 2. The maximum absolute atomic E-state index is 13.2. The number of carbonyl (C=O) groups is 1. The third-order valence-corrected chi connectivity index (χ3v) is 6.02. The molecule has 4 heteroatoms. The van der Waals surface area contributed by atoms with Crippen LogP contribution in [-0.2, 0) is 4.79 Å². The summed E-state index contributed by atoms with van der Waals surface area (Å²) in [5.41, 5.74) is 4.74. The molecule has 1 saturated heterocycles. The zero-order valence-corrected chi connectivity index (χ0v) is 16.1. The maximum atomic E-state index is 13.2. The van der Waals surface area contributed by atoms with E-state index in [-0.39, 0.29) is 17.9 Å². The van der Waals surface area contributed by atoms with Crippen molar-refractivity contribution in [1.29, 1.82) is 0 Å². The van der Waals surface area contributed by atoms with E-state index in [0.29, 0.717) is 12.5 Å². The molecule has 3 unspecified atom stereocenters. The number of hydrogen-bond donors (Lipinski definition) is 2. The Hall–Kier alpha value is -2.33. The molecule has 0 radical (unpaired) electrons. The fraction of sp³-hybridized carbons (Fsp3) is 0.435. The van der Waals surface area contributed by atoms with Crippen molar-refractivity contribution >= 4 is 5.91 Å². The van der Waals surface area contributed by atoms with Crippen molar-refractivity contribution in [3.05, 3.63) is 64.7 Å². The number of piperidine rings is 1. The summed E-state index contributed by atoms with van der Waals surface area (Å²) in [6.07, 6.45) is 1.69. The highest BCUT2D eigenvalue weighted by Crippen LogP contribution is 2.36. The lowest BCUT2D eigenvalue weighted by Gasteiger charge is -2.35. The van der Waals surface area contributed by atoms with Crippen LogP contribution in [0.15, 0.2) is 42.5 Å². The van der Waals surface area contributed by atoms with Gasteiger partial charge < -0.3 is 15.4 Å². The lowest BCUT2D eigenvalue weighted by atomic mass is 9.85. The van der Waals surface area contributed by atoms with Crippen LogP contribution in [0.5, 0.6) is 5.75 Å². The van der Waals surface area contributed by atoms with Gasteiger partial charge >= 0.3 is 0 Å². The van der Waals surface area contributed by atoms with Gasteiger partial charge in [0.05, 0.1) is 12.5 Å². The quantitative estimate of drug-likeness (QED) is 0.877. The van der Waals surface area contributed by atoms with Gasteiger partial charge in [-0.1, -0.05) is 36.4 Å². The van der Waals surface area contributed by atoms with Crippen LogP contribution >= 0.6 is 0 Å². The first kappa shape index (κ1) is 18.1. The van der Waals surface area contributed by atoms with Crippen molar-refractivity contribution in [2.24, 2.45) is 0 Å². The average molecular weight is 364 g/mol. The van der Waals surface area contributed by atoms with Gasteiger partial charge in [-0.2, -0.15) is 0 Å². The summed E-state index contributed by atoms with van der Waals surface area (Å²) < 4.78 is 5.83. The van der Waals surface area contributed by atoms with Gasteiger partial charge in [0.1, 0.15) is 5.75 Å². The molecule has 0 aromatic heterocycles. The Kier molecular flexibility index (Phi) is 5.17. The largest absolute Gasteiger partial charge is 0.493 e. The molecule has 2 aromatic carbocycles. The molecule has 0 aliphatic carbocycles. The Morgan fingerprint density at radius 3 is 2.70 bits per heavy atom. The molecule has 2 aliphatic heterocycles. The molecule has 2 aromatic rings. The number of nitrogens with one attached hydrogen (secondary N) is 2. The lowest BCUT2D eigenvalue weighted by molar-refractivity contribution is -0.124. The predicted octanol–water partition coefficient (Wildman–Crippen LogP) is 3.43. The van der Waals surface area contributed by atoms with E-state index >= 15 is 0 Å². The molecule has 2 heterocycles. The highest BCUT2D eigenvalue weighted by molar-refractivity contribution is 5.85. The third kappa shape index (κ3) is 3.72. The van der Waals surface area contributed by atoms with Gasteiger partial charge in [0.15, 0.2) is 0 Å². The summed E-state index contributed by atoms with van der Waals surface area (Å²) in [6.45, 7) is 6.62. The monoisotopic (exact) mass is 364 g/mol. The molecule has 0 bridgehead atoms. The summed E-state index contributed by atoms with van der Waals surface area (Å²) in [4.78, 5) is 13.2. The van der Waals surface area contributed by atoms with Crippen molar-refractivity contribution in [3.8, 4) is 5.75 Å². The van der Waals surface area contributed by atoms with E-state index in [1.54, 1.807) is 0 Å². The Morgan fingerprint density at radius 2 is 1.89 bits per heavy atom. The van der Waals surface area contributed by atoms with Crippen LogP contribution in [-0.4, -0.2) is 31.6 Å². The zero-order chi connectivity index (χ0) is 18.8. The van der Waals surface area contributed by atoms with Gasteiger partial charge in [0.25, 0.3) is 0 Å². The highest BCUT2D eigenvalue weighted by atomic mass is 16.5. The van der Waals surface area contributed by atoms with E-state index in [2.05, 4.69) is 60.9 Å². The SMILES string of the molecule is Cc1cc2c(cc1C)C(C(=O)NC1CCNCC1c1ccccc1)CCO2. The number of benzene rings is 2. The van der Waals surface area contributed by atoms with Crippen molar-refractivity contribution < 1.29 is 9.53 Å². The molecular weight excluding hydrogens is 336 g/mol. The maximum Gasteiger partial charge on any atom is 0.228 e. The molecule has 2 N–H and O–H groups in total. The number of amides is 1. The fourth-order valence-corrected chi connectivity index (χ4v) is 4.29. The third-order valence-electron chi connectivity index (χ3n) is 6.02. The van der Waals surface area contributed by atoms with Crippen LogP contribution in [0.2, 0.25) is 0 Å². The van der Waals surface area contributed by atoms with Crippen molar-refractivity contribution in [3.63, 3.8) is 0 Å². The second-order valence-corrected chi connectivity index (χ2v) is 7.79. The van der Waals surface area contributed by atoms with Crippen molar-refractivity contribution in [1.82, 2.24) is 10.6 Å². The van der Waals surface area contributed by atoms with Gasteiger partial charge in [0, 0.05) is 24.1 Å². The van der Waals surface area contributed by atoms with E-state index in [4.69, 9.17) is 4.74 Å². The Bertz CT molecular complexity index is 819. The minimum atomic E-state index is -0.126. The number of hydrogen-bond acceptors (Lipinski definition) is 3. The molecule has 4 rings (SSSR count). The lowest BCUT2D eigenvalue weighted by Crippen LogP contribution is -2.49. The first-order valence-corrected chi connectivity index (χ1v) is 9.93. The average Bonchev–Trinajstić information content (AvgIpc) is 2.69. The van der Waals surface area contributed by atoms with Gasteiger partial charge in [-0.3, -0.25) is 4.79 Å². The molecule has 142 valence electrons. The summed E-state index contributed by atoms with van der Waals surface area (Å²) in [6, 6.07) is 14.9. The Labute approximate surface area is 161 Å². The minimum Gasteiger partial charge on any atom is -0.493 e. The Balaban J connectivity index is 1.55.